The Kier molecular flexibility index (Phi) is 2.68. The van der Waals surface area contributed by atoms with Crippen LogP contribution in [0.3, 0.4) is 0 Å². The van der Waals surface area contributed by atoms with E-state index in [4.69, 9.17) is 0 Å². The van der Waals surface area contributed by atoms with Crippen LogP contribution in [0.25, 0.3) is 0 Å². The van der Waals surface area contributed by atoms with E-state index in [-0.39, 0.29) is 0 Å². The fourth-order valence-corrected chi connectivity index (χ4v) is 3.23. The number of hydrogen-bond donors (Lipinski definition) is 1. The van der Waals surface area contributed by atoms with Crippen LogP contribution in [-0.4, -0.2) is 11.0 Å². The van der Waals surface area contributed by atoms with Crippen molar-refractivity contribution in [2.24, 2.45) is 5.92 Å². The van der Waals surface area contributed by atoms with E-state index in [0.717, 1.165) is 12.0 Å². The van der Waals surface area contributed by atoms with Gasteiger partial charge in [-0.1, -0.05) is 19.4 Å². The van der Waals surface area contributed by atoms with Crippen molar-refractivity contribution in [1.82, 2.24) is 10.3 Å². The first kappa shape index (κ1) is 10.3. The van der Waals surface area contributed by atoms with Gasteiger partial charge < -0.3 is 5.32 Å². The van der Waals surface area contributed by atoms with Crippen molar-refractivity contribution in [3.63, 3.8) is 0 Å². The Hall–Kier alpha value is -0.890. The SMILES string of the molecule is CC1CCCC1NC1CCc2cccnc21. The second-order valence-corrected chi connectivity index (χ2v) is 5.32. The third-order valence-electron chi connectivity index (χ3n) is 4.24. The predicted octanol–water partition coefficient (Wildman–Crippen LogP) is 2.85. The number of pyridine rings is 1. The van der Waals surface area contributed by atoms with Gasteiger partial charge in [0.15, 0.2) is 0 Å². The summed E-state index contributed by atoms with van der Waals surface area (Å²) in [5.41, 5.74) is 2.76. The summed E-state index contributed by atoms with van der Waals surface area (Å²) in [7, 11) is 0. The first-order valence-corrected chi connectivity index (χ1v) is 6.54. The van der Waals surface area contributed by atoms with Crippen molar-refractivity contribution in [3.05, 3.63) is 29.6 Å². The number of fused-ring (bicyclic) bond motifs is 1. The van der Waals surface area contributed by atoms with Gasteiger partial charge in [0.25, 0.3) is 0 Å². The van der Waals surface area contributed by atoms with Gasteiger partial charge in [0.1, 0.15) is 0 Å². The second kappa shape index (κ2) is 4.17. The molecule has 86 valence electrons. The van der Waals surface area contributed by atoms with Crippen molar-refractivity contribution in [1.29, 1.82) is 0 Å². The molecule has 0 saturated heterocycles. The third-order valence-corrected chi connectivity index (χ3v) is 4.24. The zero-order valence-electron chi connectivity index (χ0n) is 9.95. The molecule has 0 aromatic carbocycles. The van der Waals surface area contributed by atoms with Crippen LogP contribution in [0, 0.1) is 5.92 Å². The molecule has 3 rings (SSSR count). The first-order chi connectivity index (χ1) is 7.84. The highest BCUT2D eigenvalue weighted by Crippen LogP contribution is 2.33. The van der Waals surface area contributed by atoms with Crippen molar-refractivity contribution in [3.8, 4) is 0 Å². The number of aryl methyl sites for hydroxylation is 1. The normalized spacial score (nSPS) is 32.9. The third kappa shape index (κ3) is 1.75. The van der Waals surface area contributed by atoms with Gasteiger partial charge in [-0.15, -0.1) is 0 Å². The Bertz CT molecular complexity index is 375. The summed E-state index contributed by atoms with van der Waals surface area (Å²) in [6.45, 7) is 2.37. The first-order valence-electron chi connectivity index (χ1n) is 6.54. The molecule has 1 N–H and O–H groups in total. The van der Waals surface area contributed by atoms with E-state index in [9.17, 15) is 0 Å². The van der Waals surface area contributed by atoms with Crippen molar-refractivity contribution in [2.75, 3.05) is 0 Å². The molecule has 16 heavy (non-hydrogen) atoms. The number of aromatic nitrogens is 1. The number of hydrogen-bond acceptors (Lipinski definition) is 2. The highest BCUT2D eigenvalue weighted by atomic mass is 15.0. The highest BCUT2D eigenvalue weighted by Gasteiger charge is 2.29. The van der Waals surface area contributed by atoms with Crippen LogP contribution in [0.4, 0.5) is 0 Å². The molecule has 2 heteroatoms. The van der Waals surface area contributed by atoms with E-state index in [1.54, 1.807) is 0 Å². The van der Waals surface area contributed by atoms with Crippen LogP contribution in [0.2, 0.25) is 0 Å². The van der Waals surface area contributed by atoms with Gasteiger partial charge >= 0.3 is 0 Å². The minimum absolute atomic E-state index is 0.516. The second-order valence-electron chi connectivity index (χ2n) is 5.32. The average Bonchev–Trinajstić information content (AvgIpc) is 2.88. The van der Waals surface area contributed by atoms with Crippen molar-refractivity contribution < 1.29 is 0 Å². The summed E-state index contributed by atoms with van der Waals surface area (Å²) in [6, 6.07) is 5.52. The monoisotopic (exact) mass is 216 g/mol. The van der Waals surface area contributed by atoms with Crippen molar-refractivity contribution >= 4 is 0 Å². The molecular weight excluding hydrogens is 196 g/mol. The van der Waals surface area contributed by atoms with E-state index < -0.39 is 0 Å². The standard InChI is InChI=1S/C14H20N2/c1-10-4-2-6-12(10)16-13-8-7-11-5-3-9-15-14(11)13/h3,5,9-10,12-13,16H,2,4,6-8H2,1H3. The van der Waals surface area contributed by atoms with E-state index in [1.807, 2.05) is 6.20 Å². The zero-order valence-corrected chi connectivity index (χ0v) is 9.95. The Morgan fingerprint density at radius 2 is 2.25 bits per heavy atom. The topological polar surface area (TPSA) is 24.9 Å². The van der Waals surface area contributed by atoms with Gasteiger partial charge in [0.2, 0.25) is 0 Å². The molecule has 0 spiro atoms. The summed E-state index contributed by atoms with van der Waals surface area (Å²) in [5.74, 6) is 0.841. The van der Waals surface area contributed by atoms with Crippen LogP contribution >= 0.6 is 0 Å². The van der Waals surface area contributed by atoms with E-state index in [1.165, 1.54) is 43.4 Å². The maximum Gasteiger partial charge on any atom is 0.0605 e. The fourth-order valence-electron chi connectivity index (χ4n) is 3.23. The maximum atomic E-state index is 4.55. The highest BCUT2D eigenvalue weighted by molar-refractivity contribution is 5.28. The zero-order chi connectivity index (χ0) is 11.0. The molecule has 1 aromatic rings. The summed E-state index contributed by atoms with van der Waals surface area (Å²) >= 11 is 0. The molecule has 0 radical (unpaired) electrons. The van der Waals surface area contributed by atoms with Crippen LogP contribution in [0.5, 0.6) is 0 Å². The molecule has 2 aliphatic carbocycles. The van der Waals surface area contributed by atoms with Gasteiger partial charge in [-0.2, -0.15) is 0 Å². The molecule has 2 aliphatic rings. The average molecular weight is 216 g/mol. The lowest BCUT2D eigenvalue weighted by Gasteiger charge is -2.22. The lowest BCUT2D eigenvalue weighted by Crippen LogP contribution is -2.34. The van der Waals surface area contributed by atoms with Gasteiger partial charge in [-0.3, -0.25) is 4.98 Å². The summed E-state index contributed by atoms with van der Waals surface area (Å²) in [4.78, 5) is 4.55. The largest absolute Gasteiger partial charge is 0.306 e. The van der Waals surface area contributed by atoms with Gasteiger partial charge in [0.05, 0.1) is 11.7 Å². The van der Waals surface area contributed by atoms with Crippen LogP contribution in [0.1, 0.15) is 49.9 Å². The fraction of sp³-hybridized carbons (Fsp3) is 0.643. The Labute approximate surface area is 97.5 Å². The van der Waals surface area contributed by atoms with E-state index in [0.29, 0.717) is 6.04 Å². The molecule has 0 amide bonds. The van der Waals surface area contributed by atoms with Gasteiger partial charge in [-0.05, 0) is 43.2 Å². The lowest BCUT2D eigenvalue weighted by molar-refractivity contribution is 0.371. The quantitative estimate of drug-likeness (QED) is 0.822. The Balaban J connectivity index is 1.73. The lowest BCUT2D eigenvalue weighted by atomic mass is 10.0. The van der Waals surface area contributed by atoms with Crippen LogP contribution in [-0.2, 0) is 6.42 Å². The van der Waals surface area contributed by atoms with Gasteiger partial charge in [-0.25, -0.2) is 0 Å². The molecule has 1 saturated carbocycles. The molecule has 1 fully saturated rings. The molecular formula is C14H20N2. The van der Waals surface area contributed by atoms with Gasteiger partial charge in [0, 0.05) is 12.2 Å². The number of nitrogens with zero attached hydrogens (tertiary/aromatic N) is 1. The minimum atomic E-state index is 0.516. The molecule has 2 nitrogen and oxygen atoms in total. The summed E-state index contributed by atoms with van der Waals surface area (Å²) in [5, 5.41) is 3.82. The molecule has 1 heterocycles. The summed E-state index contributed by atoms with van der Waals surface area (Å²) in [6.07, 6.45) is 8.48. The van der Waals surface area contributed by atoms with Crippen LogP contribution in [0.15, 0.2) is 18.3 Å². The number of nitrogens with one attached hydrogen (secondary N) is 1. The maximum absolute atomic E-state index is 4.55. The number of rotatable bonds is 2. The minimum Gasteiger partial charge on any atom is -0.306 e. The molecule has 0 bridgehead atoms. The Morgan fingerprint density at radius 3 is 3.06 bits per heavy atom. The van der Waals surface area contributed by atoms with E-state index in [2.05, 4.69) is 29.4 Å². The molecule has 1 aromatic heterocycles. The predicted molar refractivity (Wildman–Crippen MR) is 65.2 cm³/mol. The Morgan fingerprint density at radius 1 is 1.31 bits per heavy atom. The smallest absolute Gasteiger partial charge is 0.0605 e. The van der Waals surface area contributed by atoms with Crippen molar-refractivity contribution in [2.45, 2.75) is 51.1 Å². The summed E-state index contributed by atoms with van der Waals surface area (Å²) < 4.78 is 0. The van der Waals surface area contributed by atoms with E-state index >= 15 is 0 Å². The van der Waals surface area contributed by atoms with Crippen LogP contribution < -0.4 is 5.32 Å². The molecule has 0 aliphatic heterocycles. The molecule has 3 atom stereocenters. The molecule has 3 unspecified atom stereocenters.